The maximum absolute atomic E-state index is 12.6. The summed E-state index contributed by atoms with van der Waals surface area (Å²) in [5.41, 5.74) is -0.475. The molecular formula is C13H9F5N2O2. The molecule has 2 aromatic rings. The molecule has 0 radical (unpaired) electrons. The predicted octanol–water partition coefficient (Wildman–Crippen LogP) is 3.77. The molecule has 0 saturated carbocycles. The topological polar surface area (TPSA) is 44.2 Å². The van der Waals surface area contributed by atoms with Crippen LogP contribution in [0.5, 0.6) is 11.6 Å². The van der Waals surface area contributed by atoms with Gasteiger partial charge in [0, 0.05) is 5.56 Å². The van der Waals surface area contributed by atoms with E-state index in [1.807, 2.05) is 0 Å². The molecule has 118 valence electrons. The zero-order valence-corrected chi connectivity index (χ0v) is 11.1. The Morgan fingerprint density at radius 3 is 2.32 bits per heavy atom. The maximum Gasteiger partial charge on any atom is 0.416 e. The molecule has 0 N–H and O–H groups in total. The van der Waals surface area contributed by atoms with Gasteiger partial charge in [0.05, 0.1) is 30.8 Å². The van der Waals surface area contributed by atoms with Gasteiger partial charge in [-0.3, -0.25) is 0 Å². The third-order valence-electron chi connectivity index (χ3n) is 2.64. The first-order valence-electron chi connectivity index (χ1n) is 5.83. The minimum absolute atomic E-state index is 0.0633. The number of halogens is 5. The van der Waals surface area contributed by atoms with Crippen LogP contribution < -0.4 is 9.47 Å². The van der Waals surface area contributed by atoms with Crippen LogP contribution in [0, 0.1) is 0 Å². The van der Waals surface area contributed by atoms with Gasteiger partial charge in [-0.1, -0.05) is 0 Å². The standard InChI is InChI=1S/C13H9F5N2O2/c1-21-10-4-7(13(16,17)18)2-3-8(10)9-5-20-11(6-19-9)22-12(14)15/h2-6,12H,1H3. The van der Waals surface area contributed by atoms with E-state index >= 15 is 0 Å². The van der Waals surface area contributed by atoms with Crippen molar-refractivity contribution in [2.24, 2.45) is 0 Å². The lowest BCUT2D eigenvalue weighted by molar-refractivity contribution is -0.137. The van der Waals surface area contributed by atoms with E-state index in [9.17, 15) is 22.0 Å². The largest absolute Gasteiger partial charge is 0.496 e. The predicted molar refractivity (Wildman–Crippen MR) is 65.7 cm³/mol. The van der Waals surface area contributed by atoms with Crippen LogP contribution in [-0.4, -0.2) is 23.7 Å². The molecule has 1 aromatic heterocycles. The van der Waals surface area contributed by atoms with Crippen molar-refractivity contribution in [3.8, 4) is 22.9 Å². The lowest BCUT2D eigenvalue weighted by Gasteiger charge is -2.12. The lowest BCUT2D eigenvalue weighted by atomic mass is 10.1. The summed E-state index contributed by atoms with van der Waals surface area (Å²) in [6.07, 6.45) is -2.46. The van der Waals surface area contributed by atoms with Crippen LogP contribution in [0.4, 0.5) is 22.0 Å². The van der Waals surface area contributed by atoms with Crippen LogP contribution in [0.3, 0.4) is 0 Å². The smallest absolute Gasteiger partial charge is 0.416 e. The molecule has 1 heterocycles. The molecular weight excluding hydrogens is 311 g/mol. The highest BCUT2D eigenvalue weighted by atomic mass is 19.4. The van der Waals surface area contributed by atoms with E-state index in [0.29, 0.717) is 0 Å². The van der Waals surface area contributed by atoms with Gasteiger partial charge in [0.1, 0.15) is 5.75 Å². The van der Waals surface area contributed by atoms with Crippen molar-refractivity contribution in [2.45, 2.75) is 12.8 Å². The summed E-state index contributed by atoms with van der Waals surface area (Å²) in [6, 6.07) is 2.85. The molecule has 0 aliphatic rings. The number of benzene rings is 1. The fourth-order valence-corrected chi connectivity index (χ4v) is 1.69. The molecule has 0 saturated heterocycles. The Morgan fingerprint density at radius 2 is 1.82 bits per heavy atom. The van der Waals surface area contributed by atoms with Crippen molar-refractivity contribution < 1.29 is 31.4 Å². The summed E-state index contributed by atoms with van der Waals surface area (Å²) >= 11 is 0. The van der Waals surface area contributed by atoms with Gasteiger partial charge in [-0.05, 0) is 18.2 Å². The molecule has 4 nitrogen and oxygen atoms in total. The van der Waals surface area contributed by atoms with E-state index < -0.39 is 24.2 Å². The third kappa shape index (κ3) is 3.60. The molecule has 0 unspecified atom stereocenters. The highest BCUT2D eigenvalue weighted by molar-refractivity contribution is 5.67. The average Bonchev–Trinajstić information content (AvgIpc) is 2.46. The molecule has 0 atom stereocenters. The van der Waals surface area contributed by atoms with Crippen LogP contribution in [0.25, 0.3) is 11.3 Å². The van der Waals surface area contributed by atoms with Gasteiger partial charge in [0.2, 0.25) is 5.88 Å². The van der Waals surface area contributed by atoms with Crippen LogP contribution in [0.1, 0.15) is 5.56 Å². The molecule has 9 heteroatoms. The molecule has 0 amide bonds. The van der Waals surface area contributed by atoms with Crippen LogP contribution >= 0.6 is 0 Å². The van der Waals surface area contributed by atoms with Crippen molar-refractivity contribution in [1.82, 2.24) is 9.97 Å². The van der Waals surface area contributed by atoms with Crippen LogP contribution in [0.2, 0.25) is 0 Å². The van der Waals surface area contributed by atoms with Crippen molar-refractivity contribution in [2.75, 3.05) is 7.11 Å². The highest BCUT2D eigenvalue weighted by Gasteiger charge is 2.31. The molecule has 0 bridgehead atoms. The molecule has 0 aliphatic heterocycles. The Balaban J connectivity index is 2.36. The quantitative estimate of drug-likeness (QED) is 0.804. The number of aromatic nitrogens is 2. The Kier molecular flexibility index (Phi) is 4.43. The summed E-state index contributed by atoms with van der Waals surface area (Å²) in [4.78, 5) is 7.42. The number of alkyl halides is 5. The third-order valence-corrected chi connectivity index (χ3v) is 2.64. The highest BCUT2D eigenvalue weighted by Crippen LogP contribution is 2.36. The van der Waals surface area contributed by atoms with Gasteiger partial charge in [0.25, 0.3) is 0 Å². The molecule has 0 fully saturated rings. The van der Waals surface area contributed by atoms with E-state index in [2.05, 4.69) is 14.7 Å². The number of hydrogen-bond acceptors (Lipinski definition) is 4. The second-order valence-corrected chi connectivity index (χ2v) is 4.03. The average molecular weight is 320 g/mol. The Labute approximate surface area is 121 Å². The van der Waals surface area contributed by atoms with Crippen LogP contribution in [-0.2, 0) is 6.18 Å². The normalized spacial score (nSPS) is 11.6. The van der Waals surface area contributed by atoms with Crippen molar-refractivity contribution in [3.63, 3.8) is 0 Å². The first kappa shape index (κ1) is 15.9. The Morgan fingerprint density at radius 1 is 1.09 bits per heavy atom. The van der Waals surface area contributed by atoms with Gasteiger partial charge in [-0.15, -0.1) is 0 Å². The second kappa shape index (κ2) is 6.12. The molecule has 0 aliphatic carbocycles. The summed E-state index contributed by atoms with van der Waals surface area (Å²) in [7, 11) is 1.21. The SMILES string of the molecule is COc1cc(C(F)(F)F)ccc1-c1cnc(OC(F)F)cn1. The van der Waals surface area contributed by atoms with Gasteiger partial charge in [-0.2, -0.15) is 22.0 Å². The van der Waals surface area contributed by atoms with Gasteiger partial charge < -0.3 is 9.47 Å². The zero-order valence-electron chi connectivity index (χ0n) is 11.1. The second-order valence-electron chi connectivity index (χ2n) is 4.03. The molecule has 0 spiro atoms. The van der Waals surface area contributed by atoms with Crippen molar-refractivity contribution in [3.05, 3.63) is 36.2 Å². The number of methoxy groups -OCH3 is 1. The van der Waals surface area contributed by atoms with Gasteiger partial charge >= 0.3 is 12.8 Å². The number of ether oxygens (including phenoxy) is 2. The molecule has 2 rings (SSSR count). The zero-order chi connectivity index (χ0) is 16.3. The maximum atomic E-state index is 12.6. The van der Waals surface area contributed by atoms with E-state index in [4.69, 9.17) is 4.74 Å². The lowest BCUT2D eigenvalue weighted by Crippen LogP contribution is -2.06. The number of rotatable bonds is 4. The number of hydrogen-bond donors (Lipinski definition) is 0. The van der Waals surface area contributed by atoms with Gasteiger partial charge in [-0.25, -0.2) is 9.97 Å². The summed E-state index contributed by atoms with van der Waals surface area (Å²) in [5.74, 6) is -0.462. The van der Waals surface area contributed by atoms with E-state index in [-0.39, 0.29) is 17.0 Å². The van der Waals surface area contributed by atoms with Crippen molar-refractivity contribution >= 4 is 0 Å². The van der Waals surface area contributed by atoms with Crippen molar-refractivity contribution in [1.29, 1.82) is 0 Å². The first-order valence-corrected chi connectivity index (χ1v) is 5.83. The monoisotopic (exact) mass is 320 g/mol. The van der Waals surface area contributed by atoms with E-state index in [0.717, 1.165) is 24.5 Å². The van der Waals surface area contributed by atoms with Crippen LogP contribution in [0.15, 0.2) is 30.6 Å². The molecule has 1 aromatic carbocycles. The fourth-order valence-electron chi connectivity index (χ4n) is 1.69. The summed E-state index contributed by atoms with van der Waals surface area (Å²) in [6.45, 7) is -3.04. The Bertz CT molecular complexity index is 644. The van der Waals surface area contributed by atoms with E-state index in [1.54, 1.807) is 0 Å². The Hall–Kier alpha value is -2.45. The minimum Gasteiger partial charge on any atom is -0.496 e. The summed E-state index contributed by atoms with van der Waals surface area (Å²) < 4.78 is 70.9. The number of nitrogens with zero attached hydrogens (tertiary/aromatic N) is 2. The first-order chi connectivity index (χ1) is 10.3. The van der Waals surface area contributed by atoms with Gasteiger partial charge in [0.15, 0.2) is 0 Å². The fraction of sp³-hybridized carbons (Fsp3) is 0.231. The van der Waals surface area contributed by atoms with E-state index in [1.165, 1.54) is 13.2 Å². The summed E-state index contributed by atoms with van der Waals surface area (Å²) in [5, 5.41) is 0. The molecule has 22 heavy (non-hydrogen) atoms. The minimum atomic E-state index is -4.51.